The van der Waals surface area contributed by atoms with Crippen LogP contribution in [0.2, 0.25) is 0 Å². The minimum atomic E-state index is -1.02. The zero-order chi connectivity index (χ0) is 21.0. The molecule has 1 N–H and O–H groups in total. The summed E-state index contributed by atoms with van der Waals surface area (Å²) in [5.41, 5.74) is 2.44. The Balaban J connectivity index is 1.97. The quantitative estimate of drug-likeness (QED) is 0.673. The van der Waals surface area contributed by atoms with Gasteiger partial charge in [-0.05, 0) is 29.8 Å². The fraction of sp³-hybridized carbons (Fsp3) is 0.286. The van der Waals surface area contributed by atoms with Gasteiger partial charge >= 0.3 is 5.97 Å². The molecule has 0 radical (unpaired) electrons. The summed E-state index contributed by atoms with van der Waals surface area (Å²) in [6, 6.07) is 12.7. The summed E-state index contributed by atoms with van der Waals surface area (Å²) in [5, 5.41) is 14.9. The molecule has 2 aromatic carbocycles. The Labute approximate surface area is 177 Å². The van der Waals surface area contributed by atoms with Crippen molar-refractivity contribution >= 4 is 33.5 Å². The third-order valence-corrected chi connectivity index (χ3v) is 5.22. The molecule has 0 fully saturated rings. The lowest BCUT2D eigenvalue weighted by Crippen LogP contribution is -2.27. The molecule has 2 aromatic rings. The van der Waals surface area contributed by atoms with Gasteiger partial charge in [-0.3, -0.25) is 9.59 Å². The number of carboxylic acids is 1. The summed E-state index contributed by atoms with van der Waals surface area (Å²) < 4.78 is 11.7. The van der Waals surface area contributed by atoms with Crippen LogP contribution < -0.4 is 9.47 Å². The molecule has 7 nitrogen and oxygen atoms in total. The fourth-order valence-electron chi connectivity index (χ4n) is 3.22. The van der Waals surface area contributed by atoms with Gasteiger partial charge in [0.2, 0.25) is 5.91 Å². The lowest BCUT2D eigenvalue weighted by atomic mass is 9.97. The number of hydrogen-bond donors (Lipinski definition) is 1. The number of methoxy groups -OCH3 is 2. The van der Waals surface area contributed by atoms with Gasteiger partial charge in [-0.25, -0.2) is 5.01 Å². The standard InChI is InChI=1S/C21H21BrN2O5/c1-28-15-7-8-16(19(11-15)29-2)18-12-17(13-3-5-14(22)6-4-13)23-24(18)20(25)9-10-21(26)27/h3-8,11,18H,9-10,12H2,1-2H3,(H,26,27). The molecule has 8 heteroatoms. The second-order valence-corrected chi connectivity index (χ2v) is 7.43. The molecule has 1 unspecified atom stereocenters. The summed E-state index contributed by atoms with van der Waals surface area (Å²) in [6.45, 7) is 0. The molecule has 1 aliphatic heterocycles. The van der Waals surface area contributed by atoms with Crippen molar-refractivity contribution in [2.45, 2.75) is 25.3 Å². The van der Waals surface area contributed by atoms with E-state index in [2.05, 4.69) is 21.0 Å². The summed E-state index contributed by atoms with van der Waals surface area (Å²) in [6.07, 6.45) is 0.121. The first-order valence-electron chi connectivity index (χ1n) is 9.02. The van der Waals surface area contributed by atoms with Gasteiger partial charge in [0, 0.05) is 28.9 Å². The van der Waals surface area contributed by atoms with Crippen molar-refractivity contribution in [3.63, 3.8) is 0 Å². The van der Waals surface area contributed by atoms with Crippen LogP contribution in [0.5, 0.6) is 11.5 Å². The van der Waals surface area contributed by atoms with Crippen LogP contribution in [0.1, 0.15) is 36.4 Å². The Bertz CT molecular complexity index is 943. The van der Waals surface area contributed by atoms with Gasteiger partial charge in [0.05, 0.1) is 32.4 Å². The second-order valence-electron chi connectivity index (χ2n) is 6.51. The van der Waals surface area contributed by atoms with E-state index in [9.17, 15) is 9.59 Å². The first-order chi connectivity index (χ1) is 13.9. The molecule has 1 amide bonds. The Kier molecular flexibility index (Phi) is 6.53. The molecule has 29 heavy (non-hydrogen) atoms. The number of ether oxygens (including phenoxy) is 2. The van der Waals surface area contributed by atoms with Crippen LogP contribution in [-0.4, -0.2) is 41.9 Å². The molecule has 3 rings (SSSR count). The molecule has 0 aromatic heterocycles. The number of hydrazone groups is 1. The SMILES string of the molecule is COc1ccc(C2CC(c3ccc(Br)cc3)=NN2C(=O)CCC(=O)O)c(OC)c1. The van der Waals surface area contributed by atoms with Crippen molar-refractivity contribution in [1.82, 2.24) is 5.01 Å². The smallest absolute Gasteiger partial charge is 0.303 e. The first-order valence-corrected chi connectivity index (χ1v) is 9.81. The number of carbonyl (C=O) groups excluding carboxylic acids is 1. The van der Waals surface area contributed by atoms with Gasteiger partial charge in [-0.15, -0.1) is 0 Å². The Morgan fingerprint density at radius 1 is 1.14 bits per heavy atom. The van der Waals surface area contributed by atoms with Crippen LogP contribution in [0.15, 0.2) is 52.0 Å². The molecule has 1 aliphatic rings. The van der Waals surface area contributed by atoms with Crippen molar-refractivity contribution in [1.29, 1.82) is 0 Å². The number of carbonyl (C=O) groups is 2. The number of nitrogens with zero attached hydrogens (tertiary/aromatic N) is 2. The lowest BCUT2D eigenvalue weighted by Gasteiger charge is -2.23. The lowest BCUT2D eigenvalue weighted by molar-refractivity contribution is -0.141. The number of hydrogen-bond acceptors (Lipinski definition) is 5. The molecule has 0 spiro atoms. The van der Waals surface area contributed by atoms with Crippen LogP contribution in [0.4, 0.5) is 0 Å². The van der Waals surface area contributed by atoms with E-state index in [0.717, 1.165) is 21.3 Å². The highest BCUT2D eigenvalue weighted by atomic mass is 79.9. The van der Waals surface area contributed by atoms with Gasteiger partial charge in [0.15, 0.2) is 0 Å². The van der Waals surface area contributed by atoms with E-state index in [1.807, 2.05) is 30.3 Å². The monoisotopic (exact) mass is 460 g/mol. The van der Waals surface area contributed by atoms with Crippen LogP contribution >= 0.6 is 15.9 Å². The predicted octanol–water partition coefficient (Wildman–Crippen LogP) is 4.01. The van der Waals surface area contributed by atoms with E-state index in [0.29, 0.717) is 17.9 Å². The number of amides is 1. The maximum Gasteiger partial charge on any atom is 0.303 e. The Morgan fingerprint density at radius 3 is 2.48 bits per heavy atom. The third-order valence-electron chi connectivity index (χ3n) is 4.70. The van der Waals surface area contributed by atoms with E-state index < -0.39 is 12.0 Å². The topological polar surface area (TPSA) is 88.4 Å². The normalized spacial score (nSPS) is 15.8. The first kappa shape index (κ1) is 20.9. The Hall–Kier alpha value is -2.87. The molecular weight excluding hydrogens is 440 g/mol. The molecule has 0 bridgehead atoms. The summed E-state index contributed by atoms with van der Waals surface area (Å²) >= 11 is 3.42. The second kappa shape index (κ2) is 9.09. The number of halogens is 1. The van der Waals surface area contributed by atoms with E-state index in [4.69, 9.17) is 14.6 Å². The highest BCUT2D eigenvalue weighted by molar-refractivity contribution is 9.10. The molecule has 1 atom stereocenters. The van der Waals surface area contributed by atoms with Crippen molar-refractivity contribution < 1.29 is 24.2 Å². The molecule has 152 valence electrons. The fourth-order valence-corrected chi connectivity index (χ4v) is 3.49. The van der Waals surface area contributed by atoms with E-state index >= 15 is 0 Å². The van der Waals surface area contributed by atoms with Crippen LogP contribution in [0.25, 0.3) is 0 Å². The molecule has 0 saturated heterocycles. The largest absolute Gasteiger partial charge is 0.497 e. The number of benzene rings is 2. The van der Waals surface area contributed by atoms with Gasteiger partial charge in [-0.1, -0.05) is 28.1 Å². The highest BCUT2D eigenvalue weighted by Gasteiger charge is 2.34. The van der Waals surface area contributed by atoms with Crippen LogP contribution in [0, 0.1) is 0 Å². The molecule has 0 saturated carbocycles. The van der Waals surface area contributed by atoms with Gasteiger partial charge in [0.1, 0.15) is 11.5 Å². The molecule has 0 aliphatic carbocycles. The summed E-state index contributed by atoms with van der Waals surface area (Å²) in [4.78, 5) is 23.7. The van der Waals surface area contributed by atoms with Crippen molar-refractivity contribution in [3.05, 3.63) is 58.1 Å². The Morgan fingerprint density at radius 2 is 1.86 bits per heavy atom. The minimum Gasteiger partial charge on any atom is -0.497 e. The van der Waals surface area contributed by atoms with E-state index in [1.165, 1.54) is 5.01 Å². The van der Waals surface area contributed by atoms with Crippen LogP contribution in [0.3, 0.4) is 0 Å². The average molecular weight is 461 g/mol. The zero-order valence-electron chi connectivity index (χ0n) is 16.1. The highest BCUT2D eigenvalue weighted by Crippen LogP contribution is 2.39. The average Bonchev–Trinajstić information content (AvgIpc) is 3.17. The minimum absolute atomic E-state index is 0.124. The van der Waals surface area contributed by atoms with Crippen molar-refractivity contribution in [2.24, 2.45) is 5.10 Å². The van der Waals surface area contributed by atoms with Crippen LogP contribution in [-0.2, 0) is 9.59 Å². The molecular formula is C21H21BrN2O5. The summed E-state index contributed by atoms with van der Waals surface area (Å²) in [7, 11) is 3.13. The van der Waals surface area contributed by atoms with Crippen molar-refractivity contribution in [3.8, 4) is 11.5 Å². The van der Waals surface area contributed by atoms with Gasteiger partial charge < -0.3 is 14.6 Å². The summed E-state index contributed by atoms with van der Waals surface area (Å²) in [5.74, 6) is -0.144. The van der Waals surface area contributed by atoms with Gasteiger partial charge in [-0.2, -0.15) is 5.10 Å². The van der Waals surface area contributed by atoms with E-state index in [1.54, 1.807) is 26.4 Å². The third kappa shape index (κ3) is 4.76. The zero-order valence-corrected chi connectivity index (χ0v) is 17.7. The number of rotatable bonds is 7. The predicted molar refractivity (Wildman–Crippen MR) is 111 cm³/mol. The number of aliphatic carboxylic acids is 1. The number of carboxylic acid groups (broad SMARTS) is 1. The molecule has 1 heterocycles. The maximum absolute atomic E-state index is 12.8. The van der Waals surface area contributed by atoms with Gasteiger partial charge in [0.25, 0.3) is 0 Å². The maximum atomic E-state index is 12.8. The van der Waals surface area contributed by atoms with E-state index in [-0.39, 0.29) is 18.7 Å². The van der Waals surface area contributed by atoms with Crippen molar-refractivity contribution in [2.75, 3.05) is 14.2 Å².